The summed E-state index contributed by atoms with van der Waals surface area (Å²) in [5, 5.41) is 2.31. The lowest BCUT2D eigenvalue weighted by Crippen LogP contribution is -2.54. The average Bonchev–Trinajstić information content (AvgIpc) is 3.49. The molecule has 0 atom stereocenters. The summed E-state index contributed by atoms with van der Waals surface area (Å²) in [5.41, 5.74) is 1.48. The van der Waals surface area contributed by atoms with Gasteiger partial charge < -0.3 is 14.5 Å². The zero-order valence-electron chi connectivity index (χ0n) is 17.9. The van der Waals surface area contributed by atoms with Crippen LogP contribution in [0.5, 0.6) is 5.75 Å². The second-order valence-electron chi connectivity index (χ2n) is 8.50. The first-order valence-corrected chi connectivity index (χ1v) is 12.5. The van der Waals surface area contributed by atoms with E-state index in [1.807, 2.05) is 41.3 Å². The zero-order chi connectivity index (χ0) is 22.3. The first-order chi connectivity index (χ1) is 15.5. The van der Waals surface area contributed by atoms with Gasteiger partial charge in [0.05, 0.1) is 22.2 Å². The molecule has 0 spiro atoms. The number of ether oxygens (including phenoxy) is 1. The third kappa shape index (κ3) is 3.72. The highest BCUT2D eigenvalue weighted by molar-refractivity contribution is 7.22. The molecule has 32 heavy (non-hydrogen) atoms. The highest BCUT2D eigenvalue weighted by Gasteiger charge is 2.45. The van der Waals surface area contributed by atoms with Gasteiger partial charge in [-0.2, -0.15) is 0 Å². The van der Waals surface area contributed by atoms with E-state index in [0.29, 0.717) is 23.1 Å². The van der Waals surface area contributed by atoms with E-state index in [0.717, 1.165) is 65.4 Å². The number of hydrogen-bond donors (Lipinski definition) is 0. The minimum absolute atomic E-state index is 0.256. The molecule has 8 heteroatoms. The summed E-state index contributed by atoms with van der Waals surface area (Å²) >= 11 is 14.1. The lowest BCUT2D eigenvalue weighted by molar-refractivity contribution is -0.137. The number of thiazole rings is 1. The van der Waals surface area contributed by atoms with Gasteiger partial charge in [-0.1, -0.05) is 59.5 Å². The van der Waals surface area contributed by atoms with E-state index in [9.17, 15) is 4.79 Å². The van der Waals surface area contributed by atoms with E-state index >= 15 is 0 Å². The molecule has 2 fully saturated rings. The van der Waals surface area contributed by atoms with Crippen molar-refractivity contribution in [1.82, 2.24) is 9.88 Å². The first-order valence-electron chi connectivity index (χ1n) is 11.0. The number of nitrogens with zero attached hydrogens (tertiary/aromatic N) is 3. The Bertz CT molecular complexity index is 1130. The van der Waals surface area contributed by atoms with Crippen molar-refractivity contribution in [2.24, 2.45) is 0 Å². The maximum Gasteiger partial charge on any atom is 0.233 e. The van der Waals surface area contributed by atoms with Crippen molar-refractivity contribution in [3.05, 3.63) is 52.0 Å². The van der Waals surface area contributed by atoms with Crippen molar-refractivity contribution >= 4 is 55.8 Å². The summed E-state index contributed by atoms with van der Waals surface area (Å²) in [6.45, 7) is 2.88. The van der Waals surface area contributed by atoms with Gasteiger partial charge in [0, 0.05) is 31.2 Å². The van der Waals surface area contributed by atoms with E-state index in [1.54, 1.807) is 18.4 Å². The number of amides is 1. The number of halogens is 2. The molecular weight excluding hydrogens is 465 g/mol. The number of piperazine rings is 1. The van der Waals surface area contributed by atoms with Crippen LogP contribution in [0.2, 0.25) is 10.0 Å². The maximum absolute atomic E-state index is 13.7. The third-order valence-corrected chi connectivity index (χ3v) is 8.60. The predicted molar refractivity (Wildman–Crippen MR) is 132 cm³/mol. The number of carbonyl (C=O) groups excluding carboxylic acids is 1. The molecule has 1 saturated carbocycles. The van der Waals surface area contributed by atoms with Crippen LogP contribution in [0.3, 0.4) is 0 Å². The molecule has 168 valence electrons. The molecule has 2 aliphatic rings. The number of hydrogen-bond acceptors (Lipinski definition) is 5. The second-order valence-corrected chi connectivity index (χ2v) is 10.3. The number of carbonyl (C=O) groups is 1. The Morgan fingerprint density at radius 3 is 2.38 bits per heavy atom. The Morgan fingerprint density at radius 2 is 1.72 bits per heavy atom. The van der Waals surface area contributed by atoms with Gasteiger partial charge in [-0.15, -0.1) is 0 Å². The average molecular weight is 490 g/mol. The largest absolute Gasteiger partial charge is 0.494 e. The van der Waals surface area contributed by atoms with E-state index < -0.39 is 5.41 Å². The van der Waals surface area contributed by atoms with E-state index in [1.165, 1.54) is 0 Å². The van der Waals surface area contributed by atoms with Crippen LogP contribution in [-0.2, 0) is 10.2 Å². The summed E-state index contributed by atoms with van der Waals surface area (Å²) in [4.78, 5) is 22.8. The van der Waals surface area contributed by atoms with Crippen molar-refractivity contribution in [3.8, 4) is 5.75 Å². The molecule has 1 aliphatic heterocycles. The maximum atomic E-state index is 13.7. The van der Waals surface area contributed by atoms with E-state index in [2.05, 4.69) is 4.90 Å². The normalized spacial score (nSPS) is 18.3. The standard InChI is InChI=1S/C24H25Cl2N3O2S/c1-31-19-9-8-18(26)21-20(19)27-23(32-21)29-14-12-28(13-15-29)22(30)24(10-2-3-11-24)16-4-6-17(25)7-5-16/h4-9H,2-3,10-15H2,1H3. The topological polar surface area (TPSA) is 45.7 Å². The molecule has 0 bridgehead atoms. The summed E-state index contributed by atoms with van der Waals surface area (Å²) < 4.78 is 6.39. The number of benzene rings is 2. The summed E-state index contributed by atoms with van der Waals surface area (Å²) in [6, 6.07) is 11.5. The lowest BCUT2D eigenvalue weighted by atomic mass is 9.77. The van der Waals surface area contributed by atoms with Gasteiger partial charge in [0.2, 0.25) is 5.91 Å². The molecule has 1 saturated heterocycles. The fourth-order valence-corrected chi connectivity index (χ4v) is 6.45. The monoisotopic (exact) mass is 489 g/mol. The summed E-state index contributed by atoms with van der Waals surface area (Å²) in [5.74, 6) is 0.984. The molecule has 1 aromatic heterocycles. The molecule has 1 amide bonds. The van der Waals surface area contributed by atoms with Gasteiger partial charge in [0.15, 0.2) is 5.13 Å². The number of rotatable bonds is 4. The van der Waals surface area contributed by atoms with Crippen LogP contribution in [0.1, 0.15) is 31.2 Å². The third-order valence-electron chi connectivity index (χ3n) is 6.77. The smallest absolute Gasteiger partial charge is 0.233 e. The lowest BCUT2D eigenvalue weighted by Gasteiger charge is -2.40. The van der Waals surface area contributed by atoms with Crippen LogP contribution >= 0.6 is 34.5 Å². The molecule has 0 N–H and O–H groups in total. The highest BCUT2D eigenvalue weighted by atomic mass is 35.5. The van der Waals surface area contributed by atoms with Crippen molar-refractivity contribution in [2.45, 2.75) is 31.1 Å². The number of fused-ring (bicyclic) bond motifs is 1. The Morgan fingerprint density at radius 1 is 1.03 bits per heavy atom. The van der Waals surface area contributed by atoms with Crippen molar-refractivity contribution in [1.29, 1.82) is 0 Å². The number of anilines is 1. The highest BCUT2D eigenvalue weighted by Crippen LogP contribution is 2.43. The van der Waals surface area contributed by atoms with Gasteiger partial charge in [0.25, 0.3) is 0 Å². The van der Waals surface area contributed by atoms with Gasteiger partial charge in [-0.25, -0.2) is 4.98 Å². The van der Waals surface area contributed by atoms with Crippen LogP contribution in [0, 0.1) is 0 Å². The van der Waals surface area contributed by atoms with Crippen LogP contribution in [0.15, 0.2) is 36.4 Å². The predicted octanol–water partition coefficient (Wildman–Crippen LogP) is 5.77. The van der Waals surface area contributed by atoms with Gasteiger partial charge >= 0.3 is 0 Å². The van der Waals surface area contributed by atoms with Gasteiger partial charge in [-0.05, 0) is 42.7 Å². The zero-order valence-corrected chi connectivity index (χ0v) is 20.3. The minimum Gasteiger partial charge on any atom is -0.494 e. The Balaban J connectivity index is 1.34. The molecule has 0 unspecified atom stereocenters. The molecule has 2 aromatic carbocycles. The van der Waals surface area contributed by atoms with E-state index in [4.69, 9.17) is 32.9 Å². The van der Waals surface area contributed by atoms with Crippen LogP contribution in [-0.4, -0.2) is 49.1 Å². The second kappa shape index (κ2) is 8.73. The van der Waals surface area contributed by atoms with Gasteiger partial charge in [-0.3, -0.25) is 4.79 Å². The summed E-state index contributed by atoms with van der Waals surface area (Å²) in [7, 11) is 1.64. The van der Waals surface area contributed by atoms with Crippen molar-refractivity contribution < 1.29 is 9.53 Å². The summed E-state index contributed by atoms with van der Waals surface area (Å²) in [6.07, 6.45) is 3.99. The van der Waals surface area contributed by atoms with Crippen molar-refractivity contribution in [2.75, 3.05) is 38.2 Å². The fraction of sp³-hybridized carbons (Fsp3) is 0.417. The Labute approximate surface area is 201 Å². The fourth-order valence-electron chi connectivity index (χ4n) is 5.02. The van der Waals surface area contributed by atoms with Crippen LogP contribution in [0.25, 0.3) is 10.2 Å². The van der Waals surface area contributed by atoms with E-state index in [-0.39, 0.29) is 5.91 Å². The number of aromatic nitrogens is 1. The Kier molecular flexibility index (Phi) is 5.95. The molecule has 1 aliphatic carbocycles. The number of methoxy groups -OCH3 is 1. The molecule has 5 nitrogen and oxygen atoms in total. The van der Waals surface area contributed by atoms with Crippen molar-refractivity contribution in [3.63, 3.8) is 0 Å². The van der Waals surface area contributed by atoms with Gasteiger partial charge in [0.1, 0.15) is 11.3 Å². The molecule has 0 radical (unpaired) electrons. The molecule has 3 aromatic rings. The molecule has 5 rings (SSSR count). The quantitative estimate of drug-likeness (QED) is 0.466. The molecule has 2 heterocycles. The van der Waals surface area contributed by atoms with Crippen LogP contribution in [0.4, 0.5) is 5.13 Å². The minimum atomic E-state index is -0.413. The first kappa shape index (κ1) is 21.8. The SMILES string of the molecule is COc1ccc(Cl)c2sc(N3CCN(C(=O)C4(c5ccc(Cl)cc5)CCCC4)CC3)nc12. The Hall–Kier alpha value is -2.02. The molecular formula is C24H25Cl2N3O2S. The van der Waals surface area contributed by atoms with Crippen LogP contribution < -0.4 is 9.64 Å².